The van der Waals surface area contributed by atoms with Gasteiger partial charge in [-0.1, -0.05) is 23.7 Å². The monoisotopic (exact) mass is 557 g/mol. The molecule has 0 saturated heterocycles. The number of benzene rings is 1. The average Bonchev–Trinajstić information content (AvgIpc) is 3.07. The Kier molecular flexibility index (Phi) is 7.52. The number of halogens is 1. The third-order valence-electron chi connectivity index (χ3n) is 8.41. The maximum Gasteiger partial charge on any atom is 0.256 e. The molecule has 9 heteroatoms. The number of fused-ring (bicyclic) bond motifs is 2. The van der Waals surface area contributed by atoms with E-state index < -0.39 is 6.04 Å². The Hall–Kier alpha value is -3.78. The lowest BCUT2D eigenvalue weighted by molar-refractivity contribution is -0.123. The van der Waals surface area contributed by atoms with E-state index in [1.807, 2.05) is 29.2 Å². The Labute approximate surface area is 238 Å². The summed E-state index contributed by atoms with van der Waals surface area (Å²) in [5, 5.41) is 3.38. The van der Waals surface area contributed by atoms with Crippen LogP contribution in [0.3, 0.4) is 0 Å². The molecule has 8 nitrogen and oxygen atoms in total. The van der Waals surface area contributed by atoms with Crippen molar-refractivity contribution in [2.75, 3.05) is 23.3 Å². The zero-order chi connectivity index (χ0) is 27.6. The second-order valence-corrected chi connectivity index (χ2v) is 11.4. The molecule has 4 heterocycles. The number of hydrogen-bond donors (Lipinski definition) is 1. The molecule has 0 radical (unpaired) electrons. The first-order valence-electron chi connectivity index (χ1n) is 14.0. The van der Waals surface area contributed by atoms with Gasteiger partial charge in [0, 0.05) is 48.5 Å². The van der Waals surface area contributed by atoms with Gasteiger partial charge >= 0.3 is 0 Å². The van der Waals surface area contributed by atoms with Gasteiger partial charge in [0.25, 0.3) is 5.91 Å². The molecule has 3 aliphatic rings. The summed E-state index contributed by atoms with van der Waals surface area (Å²) in [7, 11) is 0. The maximum absolute atomic E-state index is 13.9. The first-order valence-corrected chi connectivity index (χ1v) is 14.4. The Bertz CT molecular complexity index is 1420. The molecule has 1 aliphatic carbocycles. The molecule has 1 N–H and O–H groups in total. The van der Waals surface area contributed by atoms with Crippen molar-refractivity contribution in [1.29, 1.82) is 0 Å². The van der Waals surface area contributed by atoms with Gasteiger partial charge in [-0.05, 0) is 86.4 Å². The third-order valence-corrected chi connectivity index (χ3v) is 8.64. The number of hydrogen-bond acceptors (Lipinski definition) is 5. The number of aromatic nitrogens is 2. The zero-order valence-electron chi connectivity index (χ0n) is 22.3. The number of nitrogens with one attached hydrogen (secondary N) is 1. The maximum atomic E-state index is 13.9. The van der Waals surface area contributed by atoms with Gasteiger partial charge in [0.05, 0.1) is 11.3 Å². The number of pyridine rings is 2. The highest BCUT2D eigenvalue weighted by molar-refractivity contribution is 6.31. The summed E-state index contributed by atoms with van der Waals surface area (Å²) in [6.45, 7) is 1.15. The minimum Gasteiger partial charge on any atom is -0.326 e. The lowest BCUT2D eigenvalue weighted by atomic mass is 9.80. The van der Waals surface area contributed by atoms with Crippen LogP contribution in [0, 0.1) is 11.8 Å². The van der Waals surface area contributed by atoms with Crippen LogP contribution in [-0.2, 0) is 22.4 Å². The smallest absolute Gasteiger partial charge is 0.256 e. The van der Waals surface area contributed by atoms with Crippen LogP contribution in [0.1, 0.15) is 53.7 Å². The molecule has 6 rings (SSSR count). The molecule has 3 amide bonds. The fourth-order valence-electron chi connectivity index (χ4n) is 6.30. The molecule has 1 atom stereocenters. The topological polar surface area (TPSA) is 95.5 Å². The van der Waals surface area contributed by atoms with E-state index in [2.05, 4.69) is 21.4 Å². The van der Waals surface area contributed by atoms with Gasteiger partial charge in [-0.25, -0.2) is 4.98 Å². The largest absolute Gasteiger partial charge is 0.326 e. The lowest BCUT2D eigenvalue weighted by Gasteiger charge is -2.37. The van der Waals surface area contributed by atoms with Gasteiger partial charge < -0.3 is 10.2 Å². The Morgan fingerprint density at radius 1 is 1.00 bits per heavy atom. The molecule has 2 aliphatic heterocycles. The van der Waals surface area contributed by atoms with E-state index in [4.69, 9.17) is 11.6 Å². The molecule has 206 valence electrons. The van der Waals surface area contributed by atoms with Crippen LogP contribution in [0.2, 0.25) is 5.02 Å². The summed E-state index contributed by atoms with van der Waals surface area (Å²) in [5.74, 6) is 0.646. The second-order valence-electron chi connectivity index (χ2n) is 11.0. The highest BCUT2D eigenvalue weighted by Crippen LogP contribution is 2.35. The Balaban J connectivity index is 1.18. The van der Waals surface area contributed by atoms with Gasteiger partial charge in [-0.2, -0.15) is 0 Å². The lowest BCUT2D eigenvalue weighted by Crippen LogP contribution is -2.49. The van der Waals surface area contributed by atoms with Crippen LogP contribution >= 0.6 is 11.6 Å². The van der Waals surface area contributed by atoms with Crippen molar-refractivity contribution in [1.82, 2.24) is 14.9 Å². The standard InChI is InChI=1S/C31H32ClN5O3/c32-23-12-13-25-26(17-23)35-29(38)27(18-24-7-1-2-14-33-24)37(31(25)40)19-20-8-10-22(11-9-20)30(39)36-16-4-6-21-5-3-15-34-28(21)36/h1-3,5,7,12-15,17,20,22,27H,4,6,8-11,16,18-19H2,(H,35,38)/t20-,22-,27-/m1/s1. The summed E-state index contributed by atoms with van der Waals surface area (Å²) in [6.07, 6.45) is 8.80. The van der Waals surface area contributed by atoms with E-state index in [-0.39, 0.29) is 29.6 Å². The molecule has 1 aromatic carbocycles. The molecule has 2 aromatic heterocycles. The van der Waals surface area contributed by atoms with Crippen LogP contribution in [0.5, 0.6) is 0 Å². The van der Waals surface area contributed by atoms with Crippen molar-refractivity contribution in [3.05, 3.63) is 82.8 Å². The summed E-state index contributed by atoms with van der Waals surface area (Å²) >= 11 is 6.19. The Morgan fingerprint density at radius 3 is 2.62 bits per heavy atom. The van der Waals surface area contributed by atoms with Gasteiger partial charge in [-0.15, -0.1) is 0 Å². The van der Waals surface area contributed by atoms with E-state index in [1.165, 1.54) is 0 Å². The molecule has 0 bridgehead atoms. The van der Waals surface area contributed by atoms with Crippen LogP contribution in [0.15, 0.2) is 60.9 Å². The highest BCUT2D eigenvalue weighted by Gasteiger charge is 2.39. The van der Waals surface area contributed by atoms with Crippen LogP contribution in [-0.4, -0.2) is 51.7 Å². The van der Waals surface area contributed by atoms with Gasteiger partial charge in [0.1, 0.15) is 11.9 Å². The van der Waals surface area contributed by atoms with Crippen LogP contribution < -0.4 is 10.2 Å². The predicted molar refractivity (Wildman–Crippen MR) is 153 cm³/mol. The average molecular weight is 558 g/mol. The van der Waals surface area contributed by atoms with Crippen molar-refractivity contribution in [2.24, 2.45) is 11.8 Å². The summed E-state index contributed by atoms with van der Waals surface area (Å²) in [6, 6.07) is 13.8. The normalized spacial score (nSPS) is 22.7. The van der Waals surface area contributed by atoms with E-state index >= 15 is 0 Å². The molecule has 40 heavy (non-hydrogen) atoms. The summed E-state index contributed by atoms with van der Waals surface area (Å²) < 4.78 is 0. The second kappa shape index (κ2) is 11.4. The molecule has 0 spiro atoms. The van der Waals surface area contributed by atoms with Crippen LogP contribution in [0.4, 0.5) is 11.5 Å². The SMILES string of the molecule is O=C1Nc2cc(Cl)ccc2C(=O)N(C[C@H]2CC[C@H](C(=O)N3CCCc4cccnc43)CC2)[C@@H]1Cc1ccccn1. The number of aryl methyl sites for hydroxylation is 1. The molecule has 1 saturated carbocycles. The van der Waals surface area contributed by atoms with Crippen molar-refractivity contribution in [3.8, 4) is 0 Å². The van der Waals surface area contributed by atoms with Crippen molar-refractivity contribution >= 4 is 40.8 Å². The fourth-order valence-corrected chi connectivity index (χ4v) is 6.47. The zero-order valence-corrected chi connectivity index (χ0v) is 23.0. The molecule has 0 unspecified atom stereocenters. The van der Waals surface area contributed by atoms with Gasteiger partial charge in [-0.3, -0.25) is 24.3 Å². The molecular weight excluding hydrogens is 526 g/mol. The molecule has 3 aromatic rings. The summed E-state index contributed by atoms with van der Waals surface area (Å²) in [4.78, 5) is 53.4. The number of nitrogens with zero attached hydrogens (tertiary/aromatic N) is 4. The number of carbonyl (C=O) groups excluding carboxylic acids is 3. The predicted octanol–water partition coefficient (Wildman–Crippen LogP) is 4.92. The van der Waals surface area contributed by atoms with E-state index in [0.717, 1.165) is 55.6 Å². The van der Waals surface area contributed by atoms with Crippen molar-refractivity contribution in [3.63, 3.8) is 0 Å². The van der Waals surface area contributed by atoms with E-state index in [1.54, 1.807) is 35.5 Å². The third kappa shape index (κ3) is 5.32. The molecular formula is C31H32ClN5O3. The van der Waals surface area contributed by atoms with Crippen LogP contribution in [0.25, 0.3) is 0 Å². The number of carbonyl (C=O) groups is 3. The minimum atomic E-state index is -0.705. The Morgan fingerprint density at radius 2 is 1.82 bits per heavy atom. The van der Waals surface area contributed by atoms with Gasteiger partial charge in [0.15, 0.2) is 0 Å². The molecule has 1 fully saturated rings. The number of rotatable bonds is 5. The summed E-state index contributed by atoms with van der Waals surface area (Å²) in [5.41, 5.74) is 2.74. The van der Waals surface area contributed by atoms with Crippen molar-refractivity contribution < 1.29 is 14.4 Å². The van der Waals surface area contributed by atoms with E-state index in [9.17, 15) is 14.4 Å². The first kappa shape index (κ1) is 26.4. The first-order chi connectivity index (χ1) is 19.5. The number of amides is 3. The minimum absolute atomic E-state index is 0.0560. The highest BCUT2D eigenvalue weighted by atomic mass is 35.5. The van der Waals surface area contributed by atoms with E-state index in [0.29, 0.717) is 35.8 Å². The fraction of sp³-hybridized carbons (Fsp3) is 0.387. The van der Waals surface area contributed by atoms with Crippen molar-refractivity contribution in [2.45, 2.75) is 51.0 Å². The van der Waals surface area contributed by atoms with Gasteiger partial charge in [0.2, 0.25) is 11.8 Å². The number of anilines is 2. The quantitative estimate of drug-likeness (QED) is 0.480.